The molecule has 1 amide bonds. The predicted octanol–water partition coefficient (Wildman–Crippen LogP) is 2.83. The van der Waals surface area contributed by atoms with E-state index in [9.17, 15) is 4.79 Å². The average molecular weight is 382 g/mol. The number of nitrogens with one attached hydrogen (secondary N) is 1. The molecule has 0 bridgehead atoms. The van der Waals surface area contributed by atoms with Crippen LogP contribution in [0, 0.1) is 0 Å². The fourth-order valence-electron chi connectivity index (χ4n) is 2.87. The minimum absolute atomic E-state index is 0.256. The lowest BCUT2D eigenvalue weighted by Crippen LogP contribution is -2.25. The van der Waals surface area contributed by atoms with E-state index in [1.165, 1.54) is 0 Å². The quantitative estimate of drug-likeness (QED) is 0.745. The van der Waals surface area contributed by atoms with Crippen molar-refractivity contribution in [1.29, 1.82) is 0 Å². The summed E-state index contributed by atoms with van der Waals surface area (Å²) in [5, 5.41) is 2.80. The van der Waals surface area contributed by atoms with Gasteiger partial charge in [-0.2, -0.15) is 0 Å². The second kappa shape index (κ2) is 8.47. The summed E-state index contributed by atoms with van der Waals surface area (Å²) in [6, 6.07) is 11.0. The van der Waals surface area contributed by atoms with E-state index in [-0.39, 0.29) is 5.91 Å². The standard InChI is InChI=1S/C21H22N2O5/c1-25-15-7-6-14(18(12-15)27-3)11-16-21(24)23-20(22-16)10-13-5-8-17(26-2)19(9-13)28-4/h5-9,11-12H,10H2,1-4H3,(H,22,23,24)/b16-11+. The third-order valence-corrected chi connectivity index (χ3v) is 4.30. The van der Waals surface area contributed by atoms with Crippen molar-refractivity contribution in [2.75, 3.05) is 28.4 Å². The van der Waals surface area contributed by atoms with Crippen LogP contribution in [0.15, 0.2) is 47.1 Å². The van der Waals surface area contributed by atoms with Crippen LogP contribution in [0.4, 0.5) is 0 Å². The zero-order valence-corrected chi connectivity index (χ0v) is 16.2. The number of rotatable bonds is 7. The molecular formula is C21H22N2O5. The smallest absolute Gasteiger partial charge is 0.275 e. The fourth-order valence-corrected chi connectivity index (χ4v) is 2.87. The van der Waals surface area contributed by atoms with Crippen molar-refractivity contribution in [3.8, 4) is 23.0 Å². The molecule has 1 heterocycles. The van der Waals surface area contributed by atoms with Gasteiger partial charge in [0.25, 0.3) is 5.91 Å². The number of hydrogen-bond acceptors (Lipinski definition) is 6. The van der Waals surface area contributed by atoms with Crippen molar-refractivity contribution >= 4 is 17.8 Å². The Kier molecular flexibility index (Phi) is 5.84. The van der Waals surface area contributed by atoms with E-state index in [1.807, 2.05) is 24.3 Å². The van der Waals surface area contributed by atoms with E-state index >= 15 is 0 Å². The van der Waals surface area contributed by atoms with Crippen LogP contribution in [-0.4, -0.2) is 40.2 Å². The van der Waals surface area contributed by atoms with Crippen LogP contribution < -0.4 is 24.3 Å². The lowest BCUT2D eigenvalue weighted by Gasteiger charge is -2.09. The SMILES string of the molecule is COc1ccc(/C=C2/N=C(Cc3ccc(OC)c(OC)c3)NC2=O)c(OC)c1. The molecule has 0 aliphatic carbocycles. The Balaban J connectivity index is 1.84. The Bertz CT molecular complexity index is 950. The molecule has 2 aromatic carbocycles. The first-order valence-corrected chi connectivity index (χ1v) is 8.61. The van der Waals surface area contributed by atoms with Gasteiger partial charge in [0.1, 0.15) is 23.0 Å². The Morgan fingerprint density at radius 3 is 2.32 bits per heavy atom. The molecule has 0 aromatic heterocycles. The van der Waals surface area contributed by atoms with E-state index in [2.05, 4.69) is 10.3 Å². The van der Waals surface area contributed by atoms with Crippen LogP contribution in [0.1, 0.15) is 11.1 Å². The number of carbonyl (C=O) groups is 1. The molecule has 7 nitrogen and oxygen atoms in total. The molecule has 0 spiro atoms. The lowest BCUT2D eigenvalue weighted by atomic mass is 10.1. The van der Waals surface area contributed by atoms with Gasteiger partial charge in [-0.3, -0.25) is 4.79 Å². The van der Waals surface area contributed by atoms with Gasteiger partial charge in [0, 0.05) is 18.1 Å². The van der Waals surface area contributed by atoms with Gasteiger partial charge in [-0.25, -0.2) is 4.99 Å². The summed E-state index contributed by atoms with van der Waals surface area (Å²) < 4.78 is 21.1. The second-order valence-electron chi connectivity index (χ2n) is 6.02. The normalized spacial score (nSPS) is 14.5. The van der Waals surface area contributed by atoms with Gasteiger partial charge in [-0.05, 0) is 35.9 Å². The molecule has 7 heteroatoms. The van der Waals surface area contributed by atoms with Crippen LogP contribution in [0.3, 0.4) is 0 Å². The number of aliphatic imine (C=N–C) groups is 1. The zero-order valence-electron chi connectivity index (χ0n) is 16.2. The Morgan fingerprint density at radius 1 is 0.893 bits per heavy atom. The maximum absolute atomic E-state index is 12.3. The number of carbonyl (C=O) groups excluding carboxylic acids is 1. The molecule has 1 N–H and O–H groups in total. The van der Waals surface area contributed by atoms with Crippen LogP contribution >= 0.6 is 0 Å². The molecule has 1 aliphatic rings. The number of amidine groups is 1. The van der Waals surface area contributed by atoms with Crippen molar-refractivity contribution in [1.82, 2.24) is 5.32 Å². The van der Waals surface area contributed by atoms with E-state index in [0.717, 1.165) is 11.1 Å². The Hall–Kier alpha value is -3.48. The maximum atomic E-state index is 12.3. The summed E-state index contributed by atoms with van der Waals surface area (Å²) in [5.41, 5.74) is 2.00. The van der Waals surface area contributed by atoms with Crippen molar-refractivity contribution in [3.63, 3.8) is 0 Å². The number of hydrogen-bond donors (Lipinski definition) is 1. The summed E-state index contributed by atoms with van der Waals surface area (Å²) >= 11 is 0. The molecule has 28 heavy (non-hydrogen) atoms. The molecule has 0 saturated heterocycles. The number of methoxy groups -OCH3 is 4. The van der Waals surface area contributed by atoms with E-state index < -0.39 is 0 Å². The number of nitrogens with zero attached hydrogens (tertiary/aromatic N) is 1. The molecule has 3 rings (SSSR count). The van der Waals surface area contributed by atoms with Gasteiger partial charge in [0.2, 0.25) is 0 Å². The first-order chi connectivity index (χ1) is 13.6. The molecule has 0 saturated carbocycles. The van der Waals surface area contributed by atoms with Crippen molar-refractivity contribution < 1.29 is 23.7 Å². The number of benzene rings is 2. The molecule has 1 aliphatic heterocycles. The lowest BCUT2D eigenvalue weighted by molar-refractivity contribution is -0.115. The van der Waals surface area contributed by atoms with E-state index in [4.69, 9.17) is 18.9 Å². The Morgan fingerprint density at radius 2 is 1.64 bits per heavy atom. The van der Waals surface area contributed by atoms with Crippen molar-refractivity contribution in [3.05, 3.63) is 53.2 Å². The van der Waals surface area contributed by atoms with Gasteiger partial charge in [-0.15, -0.1) is 0 Å². The first-order valence-electron chi connectivity index (χ1n) is 8.61. The zero-order chi connectivity index (χ0) is 20.1. The summed E-state index contributed by atoms with van der Waals surface area (Å²) in [6.07, 6.45) is 2.15. The molecule has 146 valence electrons. The number of amides is 1. The van der Waals surface area contributed by atoms with Gasteiger partial charge in [-0.1, -0.05) is 6.07 Å². The summed E-state index contributed by atoms with van der Waals surface area (Å²) in [6.45, 7) is 0. The minimum Gasteiger partial charge on any atom is -0.497 e. The Labute approximate surface area is 163 Å². The van der Waals surface area contributed by atoms with Crippen LogP contribution in [0.2, 0.25) is 0 Å². The van der Waals surface area contributed by atoms with E-state index in [1.54, 1.807) is 46.6 Å². The molecule has 0 atom stereocenters. The van der Waals surface area contributed by atoms with Gasteiger partial charge in [0.05, 0.1) is 28.4 Å². The topological polar surface area (TPSA) is 78.4 Å². The van der Waals surface area contributed by atoms with E-state index in [0.29, 0.717) is 41.0 Å². The highest BCUT2D eigenvalue weighted by Gasteiger charge is 2.21. The largest absolute Gasteiger partial charge is 0.497 e. The number of ether oxygens (including phenoxy) is 4. The molecule has 0 fully saturated rings. The van der Waals surface area contributed by atoms with Gasteiger partial charge < -0.3 is 24.3 Å². The molecular weight excluding hydrogens is 360 g/mol. The summed E-state index contributed by atoms with van der Waals surface area (Å²) in [7, 11) is 6.32. The van der Waals surface area contributed by atoms with Crippen LogP contribution in [0.25, 0.3) is 6.08 Å². The van der Waals surface area contributed by atoms with Crippen molar-refractivity contribution in [2.24, 2.45) is 4.99 Å². The maximum Gasteiger partial charge on any atom is 0.275 e. The third kappa shape index (κ3) is 4.09. The minimum atomic E-state index is -0.256. The van der Waals surface area contributed by atoms with Gasteiger partial charge in [0.15, 0.2) is 11.5 Å². The van der Waals surface area contributed by atoms with Crippen molar-refractivity contribution in [2.45, 2.75) is 6.42 Å². The molecule has 0 radical (unpaired) electrons. The average Bonchev–Trinajstić information content (AvgIpc) is 3.06. The first kappa shape index (κ1) is 19.3. The highest BCUT2D eigenvalue weighted by Crippen LogP contribution is 2.29. The molecule has 0 unspecified atom stereocenters. The predicted molar refractivity (Wildman–Crippen MR) is 106 cm³/mol. The van der Waals surface area contributed by atoms with Crippen LogP contribution in [0.5, 0.6) is 23.0 Å². The highest BCUT2D eigenvalue weighted by atomic mass is 16.5. The van der Waals surface area contributed by atoms with Gasteiger partial charge >= 0.3 is 0 Å². The second-order valence-corrected chi connectivity index (χ2v) is 6.02. The highest BCUT2D eigenvalue weighted by molar-refractivity contribution is 6.14. The molecule has 2 aromatic rings. The fraction of sp³-hybridized carbons (Fsp3) is 0.238. The third-order valence-electron chi connectivity index (χ3n) is 4.30. The monoisotopic (exact) mass is 382 g/mol. The summed E-state index contributed by atoms with van der Waals surface area (Å²) in [5.74, 6) is 2.86. The van der Waals surface area contributed by atoms with Crippen LogP contribution in [-0.2, 0) is 11.2 Å². The summed E-state index contributed by atoms with van der Waals surface area (Å²) in [4.78, 5) is 16.8.